The topological polar surface area (TPSA) is 46.3 Å². The lowest BCUT2D eigenvalue weighted by Gasteiger charge is -2.35. The number of rotatable bonds is 3. The van der Waals surface area contributed by atoms with Crippen LogP contribution in [0.5, 0.6) is 0 Å². The summed E-state index contributed by atoms with van der Waals surface area (Å²) in [6, 6.07) is 6.55. The average molecular weight is 339 g/mol. The molecule has 0 radical (unpaired) electrons. The van der Waals surface area contributed by atoms with Gasteiger partial charge in [0.1, 0.15) is 0 Å². The second kappa shape index (κ2) is 6.72. The minimum absolute atomic E-state index is 0.125. The monoisotopic (exact) mass is 338 g/mol. The minimum Gasteiger partial charge on any atom is -0.336 e. The van der Waals surface area contributed by atoms with E-state index in [-0.39, 0.29) is 5.91 Å². The number of benzene rings is 1. The molecular weight excluding hydrogens is 316 g/mol. The van der Waals surface area contributed by atoms with E-state index in [4.69, 9.17) is 5.73 Å². The van der Waals surface area contributed by atoms with Gasteiger partial charge in [-0.15, -0.1) is 0 Å². The van der Waals surface area contributed by atoms with Crippen LogP contribution in [-0.4, -0.2) is 29.4 Å². The molecule has 0 unspecified atom stereocenters. The Morgan fingerprint density at radius 2 is 2.00 bits per heavy atom. The molecule has 0 bridgehead atoms. The quantitative estimate of drug-likeness (QED) is 0.916. The summed E-state index contributed by atoms with van der Waals surface area (Å²) < 4.78 is 0.883. The zero-order valence-corrected chi connectivity index (χ0v) is 13.8. The maximum absolute atomic E-state index is 12.8. The molecule has 20 heavy (non-hydrogen) atoms. The summed E-state index contributed by atoms with van der Waals surface area (Å²) in [5, 5.41) is 0. The van der Waals surface area contributed by atoms with E-state index >= 15 is 0 Å². The minimum atomic E-state index is 0.125. The molecule has 0 saturated heterocycles. The second-order valence-corrected chi connectivity index (χ2v) is 6.50. The number of nitrogens with two attached hydrogens (primary N) is 1. The van der Waals surface area contributed by atoms with Crippen LogP contribution in [0.25, 0.3) is 0 Å². The fraction of sp³-hybridized carbons (Fsp3) is 0.562. The Morgan fingerprint density at radius 1 is 1.35 bits per heavy atom. The maximum atomic E-state index is 12.8. The smallest absolute Gasteiger partial charge is 0.255 e. The number of amides is 1. The van der Waals surface area contributed by atoms with Crippen LogP contribution >= 0.6 is 15.9 Å². The van der Waals surface area contributed by atoms with E-state index in [9.17, 15) is 4.79 Å². The van der Waals surface area contributed by atoms with E-state index < -0.39 is 0 Å². The molecule has 1 aromatic rings. The number of carbonyl (C=O) groups is 1. The number of halogens is 1. The molecule has 3 nitrogen and oxygen atoms in total. The average Bonchev–Trinajstić information content (AvgIpc) is 2.41. The highest BCUT2D eigenvalue weighted by atomic mass is 79.9. The van der Waals surface area contributed by atoms with Crippen molar-refractivity contribution in [3.8, 4) is 0 Å². The van der Waals surface area contributed by atoms with Gasteiger partial charge in [-0.3, -0.25) is 4.79 Å². The van der Waals surface area contributed by atoms with Crippen molar-refractivity contribution in [2.45, 2.75) is 51.6 Å². The maximum Gasteiger partial charge on any atom is 0.255 e. The van der Waals surface area contributed by atoms with Crippen molar-refractivity contribution in [2.75, 3.05) is 6.54 Å². The normalized spacial score (nSPS) is 22.6. The molecule has 110 valence electrons. The lowest BCUT2D eigenvalue weighted by atomic mass is 9.90. The Kier molecular flexibility index (Phi) is 5.22. The van der Waals surface area contributed by atoms with Crippen molar-refractivity contribution in [3.63, 3.8) is 0 Å². The first-order valence-electron chi connectivity index (χ1n) is 7.35. The van der Waals surface area contributed by atoms with Crippen LogP contribution in [-0.2, 0) is 0 Å². The fourth-order valence-electron chi connectivity index (χ4n) is 2.93. The lowest BCUT2D eigenvalue weighted by Crippen LogP contribution is -2.44. The first-order chi connectivity index (χ1) is 9.52. The molecule has 0 aliphatic heterocycles. The number of carbonyl (C=O) groups excluding carboxylic acids is 1. The summed E-state index contributed by atoms with van der Waals surface area (Å²) in [5.41, 5.74) is 7.87. The van der Waals surface area contributed by atoms with Crippen LogP contribution in [0.3, 0.4) is 0 Å². The highest BCUT2D eigenvalue weighted by Gasteiger charge is 2.28. The van der Waals surface area contributed by atoms with Crippen molar-refractivity contribution >= 4 is 21.8 Å². The number of nitrogens with zero attached hydrogens (tertiary/aromatic N) is 1. The Morgan fingerprint density at radius 3 is 2.55 bits per heavy atom. The second-order valence-electron chi connectivity index (χ2n) is 5.64. The van der Waals surface area contributed by atoms with Gasteiger partial charge < -0.3 is 10.6 Å². The highest BCUT2D eigenvalue weighted by molar-refractivity contribution is 9.10. The molecule has 1 amide bonds. The molecule has 2 N–H and O–H groups in total. The van der Waals surface area contributed by atoms with E-state index in [2.05, 4.69) is 22.9 Å². The molecule has 1 aliphatic carbocycles. The molecule has 0 aromatic heterocycles. The van der Waals surface area contributed by atoms with Crippen LogP contribution in [0.1, 0.15) is 48.5 Å². The van der Waals surface area contributed by atoms with Gasteiger partial charge in [-0.25, -0.2) is 0 Å². The molecular formula is C16H23BrN2O. The van der Waals surface area contributed by atoms with Crippen molar-refractivity contribution in [1.29, 1.82) is 0 Å². The van der Waals surface area contributed by atoms with E-state index in [1.807, 2.05) is 30.0 Å². The van der Waals surface area contributed by atoms with Crippen LogP contribution < -0.4 is 5.73 Å². The molecule has 0 atom stereocenters. The third kappa shape index (κ3) is 3.41. The van der Waals surface area contributed by atoms with Gasteiger partial charge in [-0.05, 0) is 73.2 Å². The fourth-order valence-corrected chi connectivity index (χ4v) is 3.59. The SMILES string of the molecule is CCN(C(=O)c1ccc(C)cc1Br)C1CCC(N)CC1. The lowest BCUT2D eigenvalue weighted by molar-refractivity contribution is 0.0640. The third-order valence-electron chi connectivity index (χ3n) is 4.14. The molecule has 1 aliphatic rings. The van der Waals surface area contributed by atoms with Crippen molar-refractivity contribution in [2.24, 2.45) is 5.73 Å². The molecule has 1 saturated carbocycles. The van der Waals surface area contributed by atoms with Gasteiger partial charge in [0.05, 0.1) is 5.56 Å². The number of hydrogen-bond acceptors (Lipinski definition) is 2. The molecule has 1 fully saturated rings. The number of aryl methyl sites for hydroxylation is 1. The van der Waals surface area contributed by atoms with Crippen molar-refractivity contribution in [3.05, 3.63) is 33.8 Å². The van der Waals surface area contributed by atoms with Gasteiger partial charge in [-0.1, -0.05) is 6.07 Å². The molecule has 1 aromatic carbocycles. The number of hydrogen-bond donors (Lipinski definition) is 1. The Bertz CT molecular complexity index is 481. The van der Waals surface area contributed by atoms with E-state index in [0.29, 0.717) is 12.1 Å². The van der Waals surface area contributed by atoms with Gasteiger partial charge >= 0.3 is 0 Å². The summed E-state index contributed by atoms with van der Waals surface area (Å²) >= 11 is 3.51. The first kappa shape index (κ1) is 15.5. The Labute approximate surface area is 129 Å². The Balaban J connectivity index is 2.16. The summed E-state index contributed by atoms with van der Waals surface area (Å²) in [6.07, 6.45) is 4.07. The van der Waals surface area contributed by atoms with Crippen LogP contribution in [0, 0.1) is 6.92 Å². The zero-order chi connectivity index (χ0) is 14.7. The summed E-state index contributed by atoms with van der Waals surface area (Å²) in [6.45, 7) is 4.83. The standard InChI is InChI=1S/C16H23BrN2O/c1-3-19(13-7-5-12(18)6-8-13)16(20)14-9-4-11(2)10-15(14)17/h4,9-10,12-13H,3,5-8,18H2,1-2H3. The third-order valence-corrected chi connectivity index (χ3v) is 4.79. The molecule has 0 spiro atoms. The van der Waals surface area contributed by atoms with Crippen LogP contribution in [0.15, 0.2) is 22.7 Å². The van der Waals surface area contributed by atoms with Crippen molar-refractivity contribution in [1.82, 2.24) is 4.90 Å². The van der Waals surface area contributed by atoms with Gasteiger partial charge in [0.2, 0.25) is 0 Å². The predicted octanol–water partition coefficient (Wildman–Crippen LogP) is 3.49. The molecule has 4 heteroatoms. The highest BCUT2D eigenvalue weighted by Crippen LogP contribution is 2.26. The summed E-state index contributed by atoms with van der Waals surface area (Å²) in [5.74, 6) is 0.125. The Hall–Kier alpha value is -0.870. The van der Waals surface area contributed by atoms with Crippen LogP contribution in [0.4, 0.5) is 0 Å². The van der Waals surface area contributed by atoms with Crippen molar-refractivity contribution < 1.29 is 4.79 Å². The van der Waals surface area contributed by atoms with Gasteiger partial charge in [0.15, 0.2) is 0 Å². The first-order valence-corrected chi connectivity index (χ1v) is 8.15. The van der Waals surface area contributed by atoms with Gasteiger partial charge in [0, 0.05) is 23.1 Å². The molecule has 0 heterocycles. The van der Waals surface area contributed by atoms with E-state index in [1.165, 1.54) is 0 Å². The summed E-state index contributed by atoms with van der Waals surface area (Å²) in [7, 11) is 0. The summed E-state index contributed by atoms with van der Waals surface area (Å²) in [4.78, 5) is 14.8. The molecule has 2 rings (SSSR count). The zero-order valence-electron chi connectivity index (χ0n) is 12.2. The largest absolute Gasteiger partial charge is 0.336 e. The van der Waals surface area contributed by atoms with Crippen LogP contribution in [0.2, 0.25) is 0 Å². The van der Waals surface area contributed by atoms with Gasteiger partial charge in [-0.2, -0.15) is 0 Å². The van der Waals surface area contributed by atoms with E-state index in [1.54, 1.807) is 0 Å². The van der Waals surface area contributed by atoms with E-state index in [0.717, 1.165) is 47.8 Å². The van der Waals surface area contributed by atoms with Gasteiger partial charge in [0.25, 0.3) is 5.91 Å². The predicted molar refractivity (Wildman–Crippen MR) is 85.8 cm³/mol.